The van der Waals surface area contributed by atoms with Gasteiger partial charge in [-0.25, -0.2) is 0 Å². The summed E-state index contributed by atoms with van der Waals surface area (Å²) < 4.78 is 17.5. The molecule has 2 unspecified atom stereocenters. The minimum atomic E-state index is -0.572. The highest BCUT2D eigenvalue weighted by atomic mass is 16.6. The van der Waals surface area contributed by atoms with Crippen LogP contribution in [0.25, 0.3) is 0 Å². The molecule has 2 aromatic carbocycles. The summed E-state index contributed by atoms with van der Waals surface area (Å²) in [5, 5.41) is 10.3. The zero-order chi connectivity index (χ0) is 18.5. The van der Waals surface area contributed by atoms with Gasteiger partial charge in [-0.15, -0.1) is 0 Å². The molecule has 0 spiro atoms. The van der Waals surface area contributed by atoms with Crippen molar-refractivity contribution in [2.75, 3.05) is 33.4 Å². The molecule has 1 aliphatic rings. The number of rotatable bonds is 7. The first-order chi connectivity index (χ1) is 12.5. The molecule has 140 valence electrons. The molecule has 0 saturated carbocycles. The molecule has 1 heterocycles. The molecular formula is C21H27NO4. The lowest BCUT2D eigenvalue weighted by molar-refractivity contribution is 0.0373. The van der Waals surface area contributed by atoms with Gasteiger partial charge >= 0.3 is 0 Å². The van der Waals surface area contributed by atoms with E-state index in [-0.39, 0.29) is 12.7 Å². The highest BCUT2D eigenvalue weighted by Crippen LogP contribution is 2.30. The monoisotopic (exact) mass is 357 g/mol. The Balaban J connectivity index is 1.44. The average Bonchev–Trinajstić information content (AvgIpc) is 2.62. The molecule has 2 aromatic rings. The van der Waals surface area contributed by atoms with Crippen molar-refractivity contribution < 1.29 is 19.3 Å². The zero-order valence-corrected chi connectivity index (χ0v) is 15.6. The quantitative estimate of drug-likeness (QED) is 0.826. The smallest absolute Gasteiger partial charge is 0.161 e. The molecule has 5 nitrogen and oxygen atoms in total. The molecule has 0 amide bonds. The molecule has 26 heavy (non-hydrogen) atoms. The number of para-hydroxylation sites is 2. The second-order valence-corrected chi connectivity index (χ2v) is 6.95. The first kappa shape index (κ1) is 18.5. The fourth-order valence-corrected chi connectivity index (χ4v) is 3.04. The van der Waals surface area contributed by atoms with Gasteiger partial charge < -0.3 is 19.3 Å². The number of ether oxygens (including phenoxy) is 3. The number of aliphatic hydroxyl groups is 1. The van der Waals surface area contributed by atoms with Crippen molar-refractivity contribution in [1.82, 2.24) is 4.90 Å². The number of benzene rings is 2. The van der Waals surface area contributed by atoms with E-state index in [1.807, 2.05) is 62.2 Å². The van der Waals surface area contributed by atoms with Crippen LogP contribution in [-0.2, 0) is 0 Å². The molecule has 0 radical (unpaired) electrons. The molecule has 3 rings (SSSR count). The topological polar surface area (TPSA) is 51.2 Å². The Hall–Kier alpha value is -2.24. The summed E-state index contributed by atoms with van der Waals surface area (Å²) in [5.74, 6) is 2.39. The number of aliphatic hydroxyl groups excluding tert-OH is 1. The lowest BCUT2D eigenvalue weighted by atomic mass is 10.1. The summed E-state index contributed by atoms with van der Waals surface area (Å²) >= 11 is 0. The molecule has 0 aliphatic carbocycles. The zero-order valence-electron chi connectivity index (χ0n) is 15.6. The summed E-state index contributed by atoms with van der Waals surface area (Å²) in [6, 6.07) is 13.8. The van der Waals surface area contributed by atoms with Crippen LogP contribution in [0, 0.1) is 13.8 Å². The Morgan fingerprint density at radius 3 is 2.77 bits per heavy atom. The van der Waals surface area contributed by atoms with Gasteiger partial charge in [0.2, 0.25) is 0 Å². The summed E-state index contributed by atoms with van der Waals surface area (Å²) in [6.07, 6.45) is -0.626. The van der Waals surface area contributed by atoms with Crippen LogP contribution in [-0.4, -0.2) is 55.6 Å². The summed E-state index contributed by atoms with van der Waals surface area (Å²) in [7, 11) is 1.96. The van der Waals surface area contributed by atoms with E-state index in [9.17, 15) is 5.11 Å². The predicted molar refractivity (Wildman–Crippen MR) is 101 cm³/mol. The van der Waals surface area contributed by atoms with Crippen LogP contribution >= 0.6 is 0 Å². The third-order valence-electron chi connectivity index (χ3n) is 4.38. The van der Waals surface area contributed by atoms with Gasteiger partial charge in [-0.05, 0) is 50.2 Å². The molecule has 1 aliphatic heterocycles. The second-order valence-electron chi connectivity index (χ2n) is 6.95. The molecule has 1 N–H and O–H groups in total. The molecular weight excluding hydrogens is 330 g/mol. The van der Waals surface area contributed by atoms with E-state index in [1.54, 1.807) is 0 Å². The number of fused-ring (bicyclic) bond motifs is 1. The van der Waals surface area contributed by atoms with Crippen molar-refractivity contribution >= 4 is 0 Å². The SMILES string of the molecule is Cc1ccc(C)c(OCC(O)CN(C)CC2COc3ccccc3O2)c1. The predicted octanol–water partition coefficient (Wildman–Crippen LogP) is 2.81. The number of aryl methyl sites for hydroxylation is 2. The van der Waals surface area contributed by atoms with Crippen LogP contribution in [0.2, 0.25) is 0 Å². The van der Waals surface area contributed by atoms with E-state index in [4.69, 9.17) is 14.2 Å². The van der Waals surface area contributed by atoms with E-state index in [0.717, 1.165) is 28.4 Å². The van der Waals surface area contributed by atoms with Gasteiger partial charge in [0.1, 0.15) is 31.2 Å². The van der Waals surface area contributed by atoms with Gasteiger partial charge in [-0.2, -0.15) is 0 Å². The highest BCUT2D eigenvalue weighted by Gasteiger charge is 2.22. The van der Waals surface area contributed by atoms with Crippen LogP contribution < -0.4 is 14.2 Å². The van der Waals surface area contributed by atoms with E-state index < -0.39 is 6.10 Å². The number of hydrogen-bond donors (Lipinski definition) is 1. The Labute approximate surface area is 155 Å². The van der Waals surface area contributed by atoms with E-state index in [2.05, 4.69) is 6.07 Å². The largest absolute Gasteiger partial charge is 0.491 e. The van der Waals surface area contributed by atoms with Crippen molar-refractivity contribution in [3.05, 3.63) is 53.6 Å². The first-order valence-corrected chi connectivity index (χ1v) is 8.96. The van der Waals surface area contributed by atoms with Gasteiger partial charge in [-0.1, -0.05) is 24.3 Å². The van der Waals surface area contributed by atoms with Crippen LogP contribution in [0.3, 0.4) is 0 Å². The summed E-state index contributed by atoms with van der Waals surface area (Å²) in [6.45, 7) is 5.99. The van der Waals surface area contributed by atoms with Gasteiger partial charge in [0, 0.05) is 13.1 Å². The number of hydrogen-bond acceptors (Lipinski definition) is 5. The van der Waals surface area contributed by atoms with Crippen molar-refractivity contribution in [3.8, 4) is 17.2 Å². The second kappa shape index (κ2) is 8.43. The summed E-state index contributed by atoms with van der Waals surface area (Å²) in [5.41, 5.74) is 2.22. The Bertz CT molecular complexity index is 734. The maximum Gasteiger partial charge on any atom is 0.161 e. The van der Waals surface area contributed by atoms with Crippen LogP contribution in [0.4, 0.5) is 0 Å². The number of nitrogens with zero attached hydrogens (tertiary/aromatic N) is 1. The van der Waals surface area contributed by atoms with Crippen LogP contribution in [0.15, 0.2) is 42.5 Å². The fraction of sp³-hybridized carbons (Fsp3) is 0.429. The molecule has 2 atom stereocenters. The Kier molecular flexibility index (Phi) is 6.01. The Morgan fingerprint density at radius 2 is 1.96 bits per heavy atom. The number of likely N-dealkylation sites (N-methyl/N-ethyl adjacent to an activating group) is 1. The van der Waals surface area contributed by atoms with Gasteiger partial charge in [-0.3, -0.25) is 4.90 Å². The lowest BCUT2D eigenvalue weighted by Gasteiger charge is -2.30. The molecule has 0 saturated heterocycles. The normalized spacial score (nSPS) is 17.2. The van der Waals surface area contributed by atoms with E-state index in [0.29, 0.717) is 19.7 Å². The first-order valence-electron chi connectivity index (χ1n) is 8.96. The highest BCUT2D eigenvalue weighted by molar-refractivity contribution is 5.40. The summed E-state index contributed by atoms with van der Waals surface area (Å²) in [4.78, 5) is 2.04. The van der Waals surface area contributed by atoms with E-state index in [1.165, 1.54) is 0 Å². The Morgan fingerprint density at radius 1 is 1.19 bits per heavy atom. The minimum Gasteiger partial charge on any atom is -0.491 e. The van der Waals surface area contributed by atoms with Crippen molar-refractivity contribution in [2.24, 2.45) is 0 Å². The molecule has 0 fully saturated rings. The molecule has 0 bridgehead atoms. The van der Waals surface area contributed by atoms with Crippen molar-refractivity contribution in [2.45, 2.75) is 26.1 Å². The van der Waals surface area contributed by atoms with Crippen LogP contribution in [0.5, 0.6) is 17.2 Å². The average molecular weight is 357 g/mol. The van der Waals surface area contributed by atoms with Gasteiger partial charge in [0.15, 0.2) is 11.5 Å². The van der Waals surface area contributed by atoms with Gasteiger partial charge in [0.25, 0.3) is 0 Å². The van der Waals surface area contributed by atoms with E-state index >= 15 is 0 Å². The maximum atomic E-state index is 10.3. The molecule has 5 heteroatoms. The maximum absolute atomic E-state index is 10.3. The van der Waals surface area contributed by atoms with Gasteiger partial charge in [0.05, 0.1) is 0 Å². The minimum absolute atomic E-state index is 0.0537. The molecule has 0 aromatic heterocycles. The lowest BCUT2D eigenvalue weighted by Crippen LogP contribution is -2.42. The van der Waals surface area contributed by atoms with Crippen LogP contribution in [0.1, 0.15) is 11.1 Å². The third-order valence-corrected chi connectivity index (χ3v) is 4.38. The third kappa shape index (κ3) is 4.90. The van der Waals surface area contributed by atoms with Crippen molar-refractivity contribution in [1.29, 1.82) is 0 Å². The standard InChI is InChI=1S/C21H27NO4/c1-15-8-9-16(2)21(10-15)24-13-17(23)11-22(3)12-18-14-25-19-6-4-5-7-20(19)26-18/h4-10,17-18,23H,11-14H2,1-3H3. The fourth-order valence-electron chi connectivity index (χ4n) is 3.04. The van der Waals surface area contributed by atoms with Crippen molar-refractivity contribution in [3.63, 3.8) is 0 Å².